The molecule has 25 heavy (non-hydrogen) atoms. The SMILES string of the molecule is CCOc1cccc2cc(C(C)NC(=O)NCC(C)CC(C)O)oc12. The van der Waals surface area contributed by atoms with E-state index in [0.29, 0.717) is 36.7 Å². The summed E-state index contributed by atoms with van der Waals surface area (Å²) in [5.41, 5.74) is 0.693. The van der Waals surface area contributed by atoms with Gasteiger partial charge in [-0.05, 0) is 45.2 Å². The number of ether oxygens (including phenoxy) is 1. The van der Waals surface area contributed by atoms with Crippen LogP contribution >= 0.6 is 0 Å². The second kappa shape index (κ2) is 8.76. The summed E-state index contributed by atoms with van der Waals surface area (Å²) in [5.74, 6) is 1.59. The summed E-state index contributed by atoms with van der Waals surface area (Å²) >= 11 is 0. The number of rotatable bonds is 8. The average Bonchev–Trinajstić information content (AvgIpc) is 2.98. The van der Waals surface area contributed by atoms with E-state index in [4.69, 9.17) is 9.15 Å². The number of fused-ring (bicyclic) bond motifs is 1. The minimum Gasteiger partial charge on any atom is -0.490 e. The summed E-state index contributed by atoms with van der Waals surface area (Å²) in [6.07, 6.45) is 0.286. The third kappa shape index (κ3) is 5.39. The van der Waals surface area contributed by atoms with Gasteiger partial charge in [-0.1, -0.05) is 19.1 Å². The molecule has 0 saturated heterocycles. The fourth-order valence-electron chi connectivity index (χ4n) is 2.79. The molecule has 6 heteroatoms. The van der Waals surface area contributed by atoms with Crippen LogP contribution in [-0.2, 0) is 0 Å². The van der Waals surface area contributed by atoms with Crippen molar-refractivity contribution in [3.05, 3.63) is 30.0 Å². The van der Waals surface area contributed by atoms with E-state index in [2.05, 4.69) is 10.6 Å². The Morgan fingerprint density at radius 3 is 2.76 bits per heavy atom. The predicted octanol–water partition coefficient (Wildman–Crippen LogP) is 3.60. The maximum absolute atomic E-state index is 12.1. The number of nitrogens with one attached hydrogen (secondary N) is 2. The van der Waals surface area contributed by atoms with Crippen molar-refractivity contribution in [1.29, 1.82) is 0 Å². The second-order valence-electron chi connectivity index (χ2n) is 6.52. The molecule has 2 aromatic rings. The van der Waals surface area contributed by atoms with E-state index in [1.54, 1.807) is 6.92 Å². The molecule has 2 amide bonds. The standard InChI is InChI=1S/C19H28N2O4/c1-5-24-16-8-6-7-15-10-17(25-18(15)16)14(4)21-19(23)20-11-12(2)9-13(3)22/h6-8,10,12-14,22H,5,9,11H2,1-4H3,(H2,20,21,23). The van der Waals surface area contributed by atoms with Crippen LogP contribution in [0, 0.1) is 5.92 Å². The van der Waals surface area contributed by atoms with Crippen LogP contribution in [0.1, 0.15) is 45.9 Å². The number of benzene rings is 1. The third-order valence-corrected chi connectivity index (χ3v) is 3.96. The van der Waals surface area contributed by atoms with E-state index < -0.39 is 0 Å². The minimum absolute atomic E-state index is 0.209. The summed E-state index contributed by atoms with van der Waals surface area (Å²) in [7, 11) is 0. The molecule has 0 saturated carbocycles. The lowest BCUT2D eigenvalue weighted by Crippen LogP contribution is -2.39. The highest BCUT2D eigenvalue weighted by molar-refractivity contribution is 5.84. The van der Waals surface area contributed by atoms with Crippen molar-refractivity contribution in [1.82, 2.24) is 10.6 Å². The molecule has 1 aromatic heterocycles. The van der Waals surface area contributed by atoms with Gasteiger partial charge in [0.05, 0.1) is 18.8 Å². The first-order chi connectivity index (χ1) is 11.9. The van der Waals surface area contributed by atoms with Gasteiger partial charge < -0.3 is 24.9 Å². The number of aliphatic hydroxyl groups is 1. The molecule has 1 aromatic carbocycles. The normalized spacial score (nSPS) is 14.8. The zero-order valence-corrected chi connectivity index (χ0v) is 15.3. The van der Waals surface area contributed by atoms with Crippen LogP contribution in [0.5, 0.6) is 5.75 Å². The summed E-state index contributed by atoms with van der Waals surface area (Å²) in [5, 5.41) is 16.0. The second-order valence-corrected chi connectivity index (χ2v) is 6.52. The van der Waals surface area contributed by atoms with E-state index in [0.717, 1.165) is 5.39 Å². The Labute approximate surface area is 148 Å². The van der Waals surface area contributed by atoms with Crippen molar-refractivity contribution < 1.29 is 19.1 Å². The molecule has 3 unspecified atom stereocenters. The van der Waals surface area contributed by atoms with Crippen molar-refractivity contribution >= 4 is 17.0 Å². The molecule has 0 aliphatic carbocycles. The first kappa shape index (κ1) is 19.1. The fourth-order valence-corrected chi connectivity index (χ4v) is 2.79. The van der Waals surface area contributed by atoms with E-state index in [1.807, 2.05) is 45.0 Å². The maximum Gasteiger partial charge on any atom is 0.315 e. The van der Waals surface area contributed by atoms with Crippen LogP contribution in [-0.4, -0.2) is 30.4 Å². The van der Waals surface area contributed by atoms with Crippen LogP contribution in [0.25, 0.3) is 11.0 Å². The lowest BCUT2D eigenvalue weighted by Gasteiger charge is -2.16. The topological polar surface area (TPSA) is 83.7 Å². The summed E-state index contributed by atoms with van der Waals surface area (Å²) in [6, 6.07) is 7.13. The van der Waals surface area contributed by atoms with Gasteiger partial charge in [0.25, 0.3) is 0 Å². The molecule has 2 rings (SSSR count). The van der Waals surface area contributed by atoms with E-state index in [-0.39, 0.29) is 24.1 Å². The van der Waals surface area contributed by atoms with Crippen molar-refractivity contribution in [2.45, 2.75) is 46.3 Å². The number of hydrogen-bond acceptors (Lipinski definition) is 4. The molecular weight excluding hydrogens is 320 g/mol. The molecule has 138 valence electrons. The Morgan fingerprint density at radius 2 is 2.08 bits per heavy atom. The van der Waals surface area contributed by atoms with Gasteiger partial charge in [0.15, 0.2) is 11.3 Å². The number of para-hydroxylation sites is 1. The van der Waals surface area contributed by atoms with Crippen LogP contribution in [0.15, 0.2) is 28.7 Å². The highest BCUT2D eigenvalue weighted by Crippen LogP contribution is 2.31. The van der Waals surface area contributed by atoms with Crippen molar-refractivity contribution in [2.75, 3.05) is 13.2 Å². The predicted molar refractivity (Wildman–Crippen MR) is 97.8 cm³/mol. The number of furan rings is 1. The van der Waals surface area contributed by atoms with Gasteiger partial charge in [-0.25, -0.2) is 4.79 Å². The summed E-state index contributed by atoms with van der Waals surface area (Å²) < 4.78 is 11.5. The first-order valence-corrected chi connectivity index (χ1v) is 8.78. The van der Waals surface area contributed by atoms with Crippen LogP contribution < -0.4 is 15.4 Å². The van der Waals surface area contributed by atoms with Crippen molar-refractivity contribution in [3.63, 3.8) is 0 Å². The van der Waals surface area contributed by atoms with Gasteiger partial charge in [0, 0.05) is 11.9 Å². The number of urea groups is 1. The first-order valence-electron chi connectivity index (χ1n) is 8.78. The van der Waals surface area contributed by atoms with Gasteiger partial charge >= 0.3 is 6.03 Å². The van der Waals surface area contributed by atoms with Crippen LogP contribution in [0.4, 0.5) is 4.79 Å². The van der Waals surface area contributed by atoms with Gasteiger partial charge in [0.2, 0.25) is 0 Å². The largest absolute Gasteiger partial charge is 0.490 e. The Balaban J connectivity index is 1.96. The molecule has 3 atom stereocenters. The van der Waals surface area contributed by atoms with Gasteiger partial charge in [-0.3, -0.25) is 0 Å². The smallest absolute Gasteiger partial charge is 0.315 e. The van der Waals surface area contributed by atoms with E-state index >= 15 is 0 Å². The fraction of sp³-hybridized carbons (Fsp3) is 0.526. The average molecular weight is 348 g/mol. The molecule has 1 heterocycles. The zero-order chi connectivity index (χ0) is 18.4. The van der Waals surface area contributed by atoms with Crippen LogP contribution in [0.2, 0.25) is 0 Å². The molecule has 0 radical (unpaired) electrons. The molecule has 0 aliphatic heterocycles. The molecular formula is C19H28N2O4. The van der Waals surface area contributed by atoms with Gasteiger partial charge in [-0.15, -0.1) is 0 Å². The molecule has 6 nitrogen and oxygen atoms in total. The van der Waals surface area contributed by atoms with Crippen LogP contribution in [0.3, 0.4) is 0 Å². The lowest BCUT2D eigenvalue weighted by molar-refractivity contribution is 0.163. The van der Waals surface area contributed by atoms with Gasteiger partial charge in [0.1, 0.15) is 5.76 Å². The monoisotopic (exact) mass is 348 g/mol. The summed E-state index contributed by atoms with van der Waals surface area (Å²) in [6.45, 7) is 8.61. The van der Waals surface area contributed by atoms with E-state index in [1.165, 1.54) is 0 Å². The Hall–Kier alpha value is -2.21. The molecule has 0 aliphatic rings. The van der Waals surface area contributed by atoms with E-state index in [9.17, 15) is 9.90 Å². The van der Waals surface area contributed by atoms with Crippen molar-refractivity contribution in [3.8, 4) is 5.75 Å². The highest BCUT2D eigenvalue weighted by atomic mass is 16.5. The molecule has 3 N–H and O–H groups in total. The molecule has 0 fully saturated rings. The number of carbonyl (C=O) groups is 1. The molecule has 0 bridgehead atoms. The lowest BCUT2D eigenvalue weighted by atomic mass is 10.1. The van der Waals surface area contributed by atoms with Gasteiger partial charge in [-0.2, -0.15) is 0 Å². The number of amides is 2. The molecule has 0 spiro atoms. The number of hydrogen-bond donors (Lipinski definition) is 3. The minimum atomic E-state index is -0.367. The Kier molecular flexibility index (Phi) is 6.70. The highest BCUT2D eigenvalue weighted by Gasteiger charge is 2.16. The quantitative estimate of drug-likeness (QED) is 0.680. The maximum atomic E-state index is 12.1. The Morgan fingerprint density at radius 1 is 1.32 bits per heavy atom. The number of carbonyl (C=O) groups excluding carboxylic acids is 1. The zero-order valence-electron chi connectivity index (χ0n) is 15.3. The number of aliphatic hydroxyl groups excluding tert-OH is 1. The Bertz CT molecular complexity index is 696. The van der Waals surface area contributed by atoms with Crippen molar-refractivity contribution in [2.24, 2.45) is 5.92 Å². The summed E-state index contributed by atoms with van der Waals surface area (Å²) in [4.78, 5) is 12.1. The third-order valence-electron chi connectivity index (χ3n) is 3.96.